The molecule has 2 N–H and O–H groups in total. The van der Waals surface area contributed by atoms with E-state index >= 15 is 0 Å². The molecule has 5 heteroatoms. The van der Waals surface area contributed by atoms with Crippen LogP contribution in [0.15, 0.2) is 36.4 Å². The summed E-state index contributed by atoms with van der Waals surface area (Å²) in [6.07, 6.45) is 1.81. The fourth-order valence-electron chi connectivity index (χ4n) is 2.89. The maximum Gasteiger partial charge on any atom is 0.123 e. The number of hydrogen-bond donors (Lipinski definition) is 2. The number of nitrogens with one attached hydrogen (secondary N) is 1. The molecule has 1 aromatic carbocycles. The Labute approximate surface area is 140 Å². The molecular formula is C18H22FNO2S. The van der Waals surface area contributed by atoms with E-state index in [1.165, 1.54) is 17.0 Å². The second-order valence-corrected chi connectivity index (χ2v) is 7.32. The molecule has 0 atom stereocenters. The molecule has 1 saturated heterocycles. The monoisotopic (exact) mass is 335 g/mol. The molecule has 3 rings (SSSR count). The molecule has 2 heterocycles. The molecule has 1 aliphatic heterocycles. The predicted molar refractivity (Wildman–Crippen MR) is 91.0 cm³/mol. The molecule has 23 heavy (non-hydrogen) atoms. The fourth-order valence-corrected chi connectivity index (χ4v) is 3.87. The van der Waals surface area contributed by atoms with Crippen LogP contribution in [0.25, 0.3) is 10.4 Å². The van der Waals surface area contributed by atoms with Gasteiger partial charge >= 0.3 is 0 Å². The molecule has 0 saturated carbocycles. The molecule has 2 aromatic rings. The summed E-state index contributed by atoms with van der Waals surface area (Å²) in [4.78, 5) is 2.38. The quantitative estimate of drug-likeness (QED) is 0.850. The zero-order valence-electron chi connectivity index (χ0n) is 13.1. The summed E-state index contributed by atoms with van der Waals surface area (Å²) in [6.45, 7) is 3.26. The Morgan fingerprint density at radius 1 is 1.13 bits per heavy atom. The zero-order chi connectivity index (χ0) is 16.1. The van der Waals surface area contributed by atoms with Gasteiger partial charge in [0.25, 0.3) is 0 Å². The summed E-state index contributed by atoms with van der Waals surface area (Å²) >= 11 is 1.71. The minimum atomic E-state index is -0.210. The van der Waals surface area contributed by atoms with Gasteiger partial charge in [0, 0.05) is 41.5 Å². The number of rotatable bonds is 6. The van der Waals surface area contributed by atoms with Crippen molar-refractivity contribution in [1.82, 2.24) is 5.32 Å². The first-order valence-corrected chi connectivity index (χ1v) is 8.76. The SMILES string of the molecule is OCC1(CNCc2ccc(-c3ccc(F)cc3)s2)CCOCC1. The summed E-state index contributed by atoms with van der Waals surface area (Å²) < 4.78 is 18.4. The van der Waals surface area contributed by atoms with Gasteiger partial charge in [-0.15, -0.1) is 11.3 Å². The molecule has 1 aromatic heterocycles. The zero-order valence-corrected chi connectivity index (χ0v) is 13.9. The number of hydrogen-bond acceptors (Lipinski definition) is 4. The van der Waals surface area contributed by atoms with Gasteiger partial charge in [-0.1, -0.05) is 12.1 Å². The maximum absolute atomic E-state index is 13.0. The van der Waals surface area contributed by atoms with Gasteiger partial charge in [0.1, 0.15) is 5.82 Å². The summed E-state index contributed by atoms with van der Waals surface area (Å²) in [7, 11) is 0. The lowest BCUT2D eigenvalue weighted by atomic mass is 9.81. The van der Waals surface area contributed by atoms with Crippen molar-refractivity contribution >= 4 is 11.3 Å². The van der Waals surface area contributed by atoms with Crippen LogP contribution in [0, 0.1) is 11.2 Å². The Bertz CT molecular complexity index is 620. The fraction of sp³-hybridized carbons (Fsp3) is 0.444. The van der Waals surface area contributed by atoms with Crippen molar-refractivity contribution < 1.29 is 14.2 Å². The number of benzene rings is 1. The van der Waals surface area contributed by atoms with Crippen LogP contribution in [0.1, 0.15) is 17.7 Å². The number of thiophene rings is 1. The molecule has 1 aliphatic rings. The minimum absolute atomic E-state index is 0.0463. The Balaban J connectivity index is 1.56. The molecule has 0 amide bonds. The third-order valence-electron chi connectivity index (χ3n) is 4.48. The van der Waals surface area contributed by atoms with Crippen LogP contribution in [0.5, 0.6) is 0 Å². The van der Waals surface area contributed by atoms with E-state index in [9.17, 15) is 9.50 Å². The lowest BCUT2D eigenvalue weighted by Crippen LogP contribution is -2.41. The molecule has 1 fully saturated rings. The van der Waals surface area contributed by atoms with Gasteiger partial charge in [0.05, 0.1) is 6.61 Å². The second-order valence-electron chi connectivity index (χ2n) is 6.15. The highest BCUT2D eigenvalue weighted by molar-refractivity contribution is 7.15. The molecule has 0 radical (unpaired) electrons. The second kappa shape index (κ2) is 7.53. The number of aliphatic hydroxyl groups is 1. The molecule has 124 valence electrons. The largest absolute Gasteiger partial charge is 0.396 e. The van der Waals surface area contributed by atoms with Crippen LogP contribution in [0.3, 0.4) is 0 Å². The van der Waals surface area contributed by atoms with E-state index in [1.807, 2.05) is 0 Å². The highest BCUT2D eigenvalue weighted by Crippen LogP contribution is 2.30. The summed E-state index contributed by atoms with van der Waals surface area (Å²) in [6, 6.07) is 10.8. The van der Waals surface area contributed by atoms with Crippen molar-refractivity contribution in [3.05, 3.63) is 47.1 Å². The van der Waals surface area contributed by atoms with Crippen LogP contribution in [-0.4, -0.2) is 31.5 Å². The maximum atomic E-state index is 13.0. The molecule has 0 aliphatic carbocycles. The third kappa shape index (κ3) is 4.18. The Hall–Kier alpha value is -1.27. The van der Waals surface area contributed by atoms with Crippen LogP contribution in [0.2, 0.25) is 0 Å². The molecule has 0 unspecified atom stereocenters. The number of halogens is 1. The average Bonchev–Trinajstić information content (AvgIpc) is 3.05. The number of aliphatic hydroxyl groups excluding tert-OH is 1. The van der Waals surface area contributed by atoms with Crippen molar-refractivity contribution in [1.29, 1.82) is 0 Å². The van der Waals surface area contributed by atoms with Gasteiger partial charge in [-0.2, -0.15) is 0 Å². The van der Waals surface area contributed by atoms with Crippen molar-refractivity contribution in [3.63, 3.8) is 0 Å². The third-order valence-corrected chi connectivity index (χ3v) is 5.61. The topological polar surface area (TPSA) is 41.5 Å². The van der Waals surface area contributed by atoms with E-state index in [1.54, 1.807) is 23.5 Å². The first-order chi connectivity index (χ1) is 11.2. The summed E-state index contributed by atoms with van der Waals surface area (Å²) in [5, 5.41) is 13.2. The molecule has 0 spiro atoms. The Morgan fingerprint density at radius 2 is 1.87 bits per heavy atom. The van der Waals surface area contributed by atoms with Crippen molar-refractivity contribution in [2.75, 3.05) is 26.4 Å². The summed E-state index contributed by atoms with van der Waals surface area (Å²) in [5.74, 6) is -0.210. The van der Waals surface area contributed by atoms with Crippen LogP contribution in [0.4, 0.5) is 4.39 Å². The van der Waals surface area contributed by atoms with Crippen LogP contribution in [-0.2, 0) is 11.3 Å². The van der Waals surface area contributed by atoms with E-state index < -0.39 is 0 Å². The number of ether oxygens (including phenoxy) is 1. The van der Waals surface area contributed by atoms with E-state index in [0.717, 1.165) is 49.6 Å². The summed E-state index contributed by atoms with van der Waals surface area (Å²) in [5.41, 5.74) is 0.994. The van der Waals surface area contributed by atoms with Gasteiger partial charge in [0.2, 0.25) is 0 Å². The van der Waals surface area contributed by atoms with Crippen molar-refractivity contribution in [3.8, 4) is 10.4 Å². The van der Waals surface area contributed by atoms with Gasteiger partial charge in [-0.3, -0.25) is 0 Å². The normalized spacial score (nSPS) is 17.3. The predicted octanol–water partition coefficient (Wildman–Crippen LogP) is 3.43. The van der Waals surface area contributed by atoms with Crippen LogP contribution >= 0.6 is 11.3 Å². The van der Waals surface area contributed by atoms with E-state index in [2.05, 4.69) is 17.4 Å². The smallest absolute Gasteiger partial charge is 0.123 e. The van der Waals surface area contributed by atoms with Crippen molar-refractivity contribution in [2.45, 2.75) is 19.4 Å². The van der Waals surface area contributed by atoms with Gasteiger partial charge in [0.15, 0.2) is 0 Å². The Morgan fingerprint density at radius 3 is 2.57 bits per heavy atom. The minimum Gasteiger partial charge on any atom is -0.396 e. The standard InChI is InChI=1S/C18H22FNO2S/c19-15-3-1-14(2-4-15)17-6-5-16(23-17)11-20-12-18(13-21)7-9-22-10-8-18/h1-6,20-21H,7-13H2. The first kappa shape index (κ1) is 16.6. The lowest BCUT2D eigenvalue weighted by molar-refractivity contribution is -0.0153. The van der Waals surface area contributed by atoms with E-state index in [0.29, 0.717) is 0 Å². The first-order valence-electron chi connectivity index (χ1n) is 7.95. The van der Waals surface area contributed by atoms with E-state index in [4.69, 9.17) is 4.74 Å². The Kier molecular flexibility index (Phi) is 5.43. The lowest BCUT2D eigenvalue weighted by Gasteiger charge is -2.35. The average molecular weight is 335 g/mol. The highest BCUT2D eigenvalue weighted by atomic mass is 32.1. The van der Waals surface area contributed by atoms with Gasteiger partial charge in [-0.05, 0) is 42.7 Å². The molecule has 3 nitrogen and oxygen atoms in total. The van der Waals surface area contributed by atoms with Gasteiger partial charge in [-0.25, -0.2) is 4.39 Å². The molecular weight excluding hydrogens is 313 g/mol. The molecule has 0 bridgehead atoms. The highest BCUT2D eigenvalue weighted by Gasteiger charge is 2.31. The van der Waals surface area contributed by atoms with E-state index in [-0.39, 0.29) is 17.8 Å². The van der Waals surface area contributed by atoms with Gasteiger partial charge < -0.3 is 15.2 Å². The van der Waals surface area contributed by atoms with Crippen molar-refractivity contribution in [2.24, 2.45) is 5.41 Å². The van der Waals surface area contributed by atoms with Crippen LogP contribution < -0.4 is 5.32 Å².